The van der Waals surface area contributed by atoms with Gasteiger partial charge in [-0.25, -0.2) is 0 Å². The minimum Gasteiger partial charge on any atom is -0.366 e. The number of carbonyl (C=O) groups excluding carboxylic acids is 1. The zero-order chi connectivity index (χ0) is 18.0. The predicted octanol–water partition coefficient (Wildman–Crippen LogP) is 2.75. The molecule has 2 heterocycles. The molecule has 0 aliphatic carbocycles. The van der Waals surface area contributed by atoms with Crippen molar-refractivity contribution in [3.63, 3.8) is 0 Å². The molecule has 1 saturated heterocycles. The Balaban J connectivity index is 1.51. The predicted molar refractivity (Wildman–Crippen MR) is 102 cm³/mol. The van der Waals surface area contributed by atoms with E-state index in [9.17, 15) is 4.79 Å². The van der Waals surface area contributed by atoms with E-state index in [4.69, 9.17) is 11.6 Å². The average Bonchev–Trinajstić information content (AvgIpc) is 2.91. The summed E-state index contributed by atoms with van der Waals surface area (Å²) >= 11 is 6.10. The molecule has 1 aromatic heterocycles. The molecular formula is C18H24ClN5O. The van der Waals surface area contributed by atoms with Crippen molar-refractivity contribution in [2.45, 2.75) is 20.8 Å². The highest BCUT2D eigenvalue weighted by Gasteiger charge is 2.22. The molecule has 0 saturated carbocycles. The summed E-state index contributed by atoms with van der Waals surface area (Å²) < 4.78 is 0. The fourth-order valence-electron chi connectivity index (χ4n) is 3.21. The van der Waals surface area contributed by atoms with E-state index in [1.165, 1.54) is 5.69 Å². The Morgan fingerprint density at radius 3 is 2.56 bits per heavy atom. The van der Waals surface area contributed by atoms with E-state index < -0.39 is 0 Å². The molecule has 0 atom stereocenters. The number of halogens is 1. The fourth-order valence-corrected chi connectivity index (χ4v) is 3.40. The smallest absolute Gasteiger partial charge is 0.238 e. The van der Waals surface area contributed by atoms with Crippen LogP contribution in [0, 0.1) is 20.8 Å². The van der Waals surface area contributed by atoms with Crippen molar-refractivity contribution in [1.29, 1.82) is 0 Å². The molecule has 3 rings (SSSR count). The number of amides is 1. The molecule has 1 aliphatic rings. The van der Waals surface area contributed by atoms with Crippen LogP contribution in [0.2, 0.25) is 5.02 Å². The minimum atomic E-state index is -0.0101. The molecule has 7 heteroatoms. The van der Waals surface area contributed by atoms with Crippen LogP contribution in [0.5, 0.6) is 0 Å². The van der Waals surface area contributed by atoms with Gasteiger partial charge in [0.1, 0.15) is 0 Å². The lowest BCUT2D eigenvalue weighted by Gasteiger charge is -2.35. The largest absolute Gasteiger partial charge is 0.366 e. The summed E-state index contributed by atoms with van der Waals surface area (Å²) in [5.74, 6) is -0.0101. The van der Waals surface area contributed by atoms with Gasteiger partial charge in [0.15, 0.2) is 0 Å². The van der Waals surface area contributed by atoms with Crippen LogP contribution < -0.4 is 10.2 Å². The summed E-state index contributed by atoms with van der Waals surface area (Å²) in [6, 6.07) is 5.57. The number of aromatic nitrogens is 2. The Bertz CT molecular complexity index is 745. The van der Waals surface area contributed by atoms with Gasteiger partial charge in [-0.15, -0.1) is 0 Å². The van der Waals surface area contributed by atoms with E-state index in [2.05, 4.69) is 25.3 Å². The van der Waals surface area contributed by atoms with Crippen molar-refractivity contribution >= 4 is 28.9 Å². The number of aromatic amines is 1. The number of nitrogens with one attached hydrogen (secondary N) is 2. The third-order valence-corrected chi connectivity index (χ3v) is 5.01. The van der Waals surface area contributed by atoms with Crippen molar-refractivity contribution in [3.8, 4) is 0 Å². The van der Waals surface area contributed by atoms with E-state index in [0.29, 0.717) is 11.6 Å². The van der Waals surface area contributed by atoms with Crippen molar-refractivity contribution in [2.24, 2.45) is 0 Å². The molecule has 0 unspecified atom stereocenters. The van der Waals surface area contributed by atoms with Gasteiger partial charge < -0.3 is 10.2 Å². The number of piperazine rings is 1. The van der Waals surface area contributed by atoms with Crippen molar-refractivity contribution in [3.05, 3.63) is 40.2 Å². The summed E-state index contributed by atoms with van der Waals surface area (Å²) in [6.07, 6.45) is 0. The molecule has 1 aromatic carbocycles. The minimum absolute atomic E-state index is 0.0101. The second kappa shape index (κ2) is 7.45. The molecular weight excluding hydrogens is 338 g/mol. The van der Waals surface area contributed by atoms with Gasteiger partial charge in [0.2, 0.25) is 5.91 Å². The Kier molecular flexibility index (Phi) is 5.30. The summed E-state index contributed by atoms with van der Waals surface area (Å²) in [5, 5.41) is 10.9. The second-order valence-electron chi connectivity index (χ2n) is 6.56. The molecule has 25 heavy (non-hydrogen) atoms. The van der Waals surface area contributed by atoms with Crippen molar-refractivity contribution in [1.82, 2.24) is 15.1 Å². The molecule has 0 bridgehead atoms. The molecule has 6 nitrogen and oxygen atoms in total. The number of H-pyrrole nitrogens is 1. The van der Waals surface area contributed by atoms with Gasteiger partial charge in [-0.3, -0.25) is 14.8 Å². The van der Waals surface area contributed by atoms with Crippen LogP contribution in [-0.2, 0) is 4.79 Å². The van der Waals surface area contributed by atoms with Crippen LogP contribution in [0.3, 0.4) is 0 Å². The zero-order valence-corrected chi connectivity index (χ0v) is 15.7. The zero-order valence-electron chi connectivity index (χ0n) is 14.9. The molecule has 0 radical (unpaired) electrons. The SMILES string of the molecule is Cc1ccc(NC(=O)CN2CCN(c3c(C)n[nH]c3C)CC2)cc1Cl. The number of hydrogen-bond acceptors (Lipinski definition) is 4. The first-order valence-electron chi connectivity index (χ1n) is 8.49. The van der Waals surface area contributed by atoms with Gasteiger partial charge >= 0.3 is 0 Å². The Labute approximate surface area is 153 Å². The Hall–Kier alpha value is -2.05. The second-order valence-corrected chi connectivity index (χ2v) is 6.97. The highest BCUT2D eigenvalue weighted by Crippen LogP contribution is 2.23. The highest BCUT2D eigenvalue weighted by molar-refractivity contribution is 6.31. The van der Waals surface area contributed by atoms with Crippen molar-refractivity contribution in [2.75, 3.05) is 42.9 Å². The lowest BCUT2D eigenvalue weighted by atomic mass is 10.2. The van der Waals surface area contributed by atoms with Crippen molar-refractivity contribution < 1.29 is 4.79 Å². The van der Waals surface area contributed by atoms with Crippen LogP contribution in [0.15, 0.2) is 18.2 Å². The first kappa shape index (κ1) is 17.8. The summed E-state index contributed by atoms with van der Waals surface area (Å²) in [4.78, 5) is 16.8. The average molecular weight is 362 g/mol. The summed E-state index contributed by atoms with van der Waals surface area (Å²) in [7, 11) is 0. The van der Waals surface area contributed by atoms with Gasteiger partial charge in [-0.2, -0.15) is 5.10 Å². The maximum Gasteiger partial charge on any atom is 0.238 e. The molecule has 2 aromatic rings. The lowest BCUT2D eigenvalue weighted by Crippen LogP contribution is -2.49. The third kappa shape index (κ3) is 4.14. The number of nitrogens with zero attached hydrogens (tertiary/aromatic N) is 3. The van der Waals surface area contributed by atoms with Crippen LogP contribution in [0.4, 0.5) is 11.4 Å². The standard InChI is InChI=1S/C18H24ClN5O/c1-12-4-5-15(10-16(12)19)20-17(25)11-23-6-8-24(9-7-23)18-13(2)21-22-14(18)3/h4-5,10H,6-9,11H2,1-3H3,(H,20,25)(H,21,22). The first-order valence-corrected chi connectivity index (χ1v) is 8.86. The van der Waals surface area contributed by atoms with Gasteiger partial charge in [-0.05, 0) is 38.5 Å². The third-order valence-electron chi connectivity index (χ3n) is 4.60. The van der Waals surface area contributed by atoms with E-state index in [1.54, 1.807) is 6.07 Å². The topological polar surface area (TPSA) is 64.3 Å². The molecule has 0 spiro atoms. The molecule has 1 fully saturated rings. The quantitative estimate of drug-likeness (QED) is 0.878. The van der Waals surface area contributed by atoms with E-state index in [0.717, 1.165) is 48.8 Å². The molecule has 2 N–H and O–H groups in total. The van der Waals surface area contributed by atoms with Crippen LogP contribution in [0.25, 0.3) is 0 Å². The number of benzene rings is 1. The molecule has 1 aliphatic heterocycles. The van der Waals surface area contributed by atoms with Gasteiger partial charge in [-0.1, -0.05) is 17.7 Å². The highest BCUT2D eigenvalue weighted by atomic mass is 35.5. The Morgan fingerprint density at radius 2 is 1.96 bits per heavy atom. The number of rotatable bonds is 4. The number of carbonyl (C=O) groups is 1. The van der Waals surface area contributed by atoms with E-state index >= 15 is 0 Å². The Morgan fingerprint density at radius 1 is 1.24 bits per heavy atom. The number of hydrogen-bond donors (Lipinski definition) is 2. The van der Waals surface area contributed by atoms with Gasteiger partial charge in [0.25, 0.3) is 0 Å². The van der Waals surface area contributed by atoms with E-state index in [-0.39, 0.29) is 5.91 Å². The monoisotopic (exact) mass is 361 g/mol. The number of aryl methyl sites for hydroxylation is 3. The fraction of sp³-hybridized carbons (Fsp3) is 0.444. The van der Waals surface area contributed by atoms with Crippen LogP contribution in [-0.4, -0.2) is 53.7 Å². The normalized spacial score (nSPS) is 15.4. The summed E-state index contributed by atoms with van der Waals surface area (Å²) in [5.41, 5.74) is 5.06. The summed E-state index contributed by atoms with van der Waals surface area (Å²) in [6.45, 7) is 9.89. The lowest BCUT2D eigenvalue weighted by molar-refractivity contribution is -0.117. The molecule has 134 valence electrons. The van der Waals surface area contributed by atoms with Gasteiger partial charge in [0, 0.05) is 36.9 Å². The maximum atomic E-state index is 12.3. The molecule has 1 amide bonds. The first-order chi connectivity index (χ1) is 11.9. The van der Waals surface area contributed by atoms with Gasteiger partial charge in [0.05, 0.1) is 23.6 Å². The maximum absolute atomic E-state index is 12.3. The van der Waals surface area contributed by atoms with Crippen LogP contribution >= 0.6 is 11.6 Å². The van der Waals surface area contributed by atoms with E-state index in [1.807, 2.05) is 32.9 Å². The van der Waals surface area contributed by atoms with Crippen LogP contribution in [0.1, 0.15) is 17.0 Å². The number of anilines is 2.